The minimum Gasteiger partial charge on any atom is -0.236 e. The van der Waals surface area contributed by atoms with E-state index in [1.54, 1.807) is 12.1 Å². The normalized spacial score (nSPS) is 12.2. The van der Waals surface area contributed by atoms with Crippen molar-refractivity contribution in [3.8, 4) is 0 Å². The van der Waals surface area contributed by atoms with Gasteiger partial charge in [0.05, 0.1) is 9.79 Å². The lowest BCUT2D eigenvalue weighted by molar-refractivity contribution is 0.132. The molecule has 0 spiro atoms. The molecule has 0 aliphatic heterocycles. The van der Waals surface area contributed by atoms with Crippen LogP contribution in [0.4, 0.5) is 0 Å². The standard InChI is InChI=1S/C13H12O6S2/c14-20(15,12-7-3-1-4-8-12)18-11-19-21(16,17)13-9-5-2-6-10-13/h1-10H,11H2. The van der Waals surface area contributed by atoms with E-state index in [2.05, 4.69) is 8.37 Å². The quantitative estimate of drug-likeness (QED) is 0.593. The number of rotatable bonds is 6. The van der Waals surface area contributed by atoms with Gasteiger partial charge in [0.25, 0.3) is 20.2 Å². The highest BCUT2D eigenvalue weighted by molar-refractivity contribution is 7.87. The molecule has 2 rings (SSSR count). The van der Waals surface area contributed by atoms with Crippen LogP contribution < -0.4 is 0 Å². The fraction of sp³-hybridized carbons (Fsp3) is 0.0769. The predicted molar refractivity (Wildman–Crippen MR) is 74.3 cm³/mol. The summed E-state index contributed by atoms with van der Waals surface area (Å²) in [7, 11) is -8.11. The second kappa shape index (κ2) is 6.35. The maximum Gasteiger partial charge on any atom is 0.299 e. The van der Waals surface area contributed by atoms with Gasteiger partial charge in [0, 0.05) is 0 Å². The minimum absolute atomic E-state index is 0.0780. The molecular formula is C13H12O6S2. The molecule has 0 amide bonds. The maximum atomic E-state index is 11.8. The van der Waals surface area contributed by atoms with Crippen LogP contribution in [0, 0.1) is 0 Å². The van der Waals surface area contributed by atoms with E-state index >= 15 is 0 Å². The van der Waals surface area contributed by atoms with Crippen molar-refractivity contribution < 1.29 is 25.2 Å². The van der Waals surface area contributed by atoms with Crippen molar-refractivity contribution in [1.82, 2.24) is 0 Å². The minimum atomic E-state index is -4.05. The molecule has 0 saturated heterocycles. The molecule has 0 N–H and O–H groups in total. The van der Waals surface area contributed by atoms with E-state index < -0.39 is 27.0 Å². The van der Waals surface area contributed by atoms with Gasteiger partial charge in [-0.2, -0.15) is 16.8 Å². The van der Waals surface area contributed by atoms with Crippen molar-refractivity contribution in [1.29, 1.82) is 0 Å². The Balaban J connectivity index is 2.02. The molecule has 2 aromatic carbocycles. The summed E-state index contributed by atoms with van der Waals surface area (Å²) in [5.74, 6) is 0. The molecule has 0 saturated carbocycles. The van der Waals surface area contributed by atoms with E-state index in [0.29, 0.717) is 0 Å². The lowest BCUT2D eigenvalue weighted by Crippen LogP contribution is -2.14. The van der Waals surface area contributed by atoms with Crippen LogP contribution in [-0.2, 0) is 28.6 Å². The lowest BCUT2D eigenvalue weighted by Gasteiger charge is -2.07. The van der Waals surface area contributed by atoms with Crippen LogP contribution in [0.25, 0.3) is 0 Å². The van der Waals surface area contributed by atoms with Crippen molar-refractivity contribution in [2.45, 2.75) is 9.79 Å². The van der Waals surface area contributed by atoms with Gasteiger partial charge in [-0.05, 0) is 24.3 Å². The summed E-state index contributed by atoms with van der Waals surface area (Å²) >= 11 is 0. The van der Waals surface area contributed by atoms with Crippen molar-refractivity contribution in [3.63, 3.8) is 0 Å². The van der Waals surface area contributed by atoms with Gasteiger partial charge in [0.2, 0.25) is 0 Å². The Labute approximate surface area is 123 Å². The zero-order chi connectivity index (χ0) is 15.3. The molecule has 0 aliphatic rings. The van der Waals surface area contributed by atoms with E-state index in [1.807, 2.05) is 0 Å². The first kappa shape index (κ1) is 15.6. The largest absolute Gasteiger partial charge is 0.299 e. The topological polar surface area (TPSA) is 86.7 Å². The van der Waals surface area contributed by atoms with Gasteiger partial charge in [-0.1, -0.05) is 36.4 Å². The Hall–Kier alpha value is -1.74. The van der Waals surface area contributed by atoms with Crippen LogP contribution in [0.3, 0.4) is 0 Å². The molecule has 0 unspecified atom stereocenters. The number of hydrogen-bond donors (Lipinski definition) is 0. The first-order valence-corrected chi connectivity index (χ1v) is 8.62. The van der Waals surface area contributed by atoms with Crippen LogP contribution in [0.2, 0.25) is 0 Å². The molecular weight excluding hydrogens is 316 g/mol. The first-order valence-electron chi connectivity index (χ1n) is 5.81. The Morgan fingerprint density at radius 2 is 0.952 bits per heavy atom. The summed E-state index contributed by atoms with van der Waals surface area (Å²) in [6.07, 6.45) is 0. The fourth-order valence-corrected chi connectivity index (χ4v) is 3.12. The van der Waals surface area contributed by atoms with Gasteiger partial charge in [0.15, 0.2) is 6.79 Å². The van der Waals surface area contributed by atoms with Crippen LogP contribution in [-0.4, -0.2) is 23.6 Å². The molecule has 0 atom stereocenters. The maximum absolute atomic E-state index is 11.8. The Bertz CT molecular complexity index is 714. The molecule has 0 fully saturated rings. The van der Waals surface area contributed by atoms with E-state index in [-0.39, 0.29) is 9.79 Å². The van der Waals surface area contributed by atoms with Gasteiger partial charge in [-0.15, -0.1) is 0 Å². The SMILES string of the molecule is O=S(=O)(OCOS(=O)(=O)c1ccccc1)c1ccccc1. The third kappa shape index (κ3) is 4.11. The third-order valence-electron chi connectivity index (χ3n) is 2.47. The second-order valence-electron chi connectivity index (χ2n) is 3.89. The molecule has 21 heavy (non-hydrogen) atoms. The van der Waals surface area contributed by atoms with Crippen LogP contribution >= 0.6 is 0 Å². The zero-order valence-corrected chi connectivity index (χ0v) is 12.4. The van der Waals surface area contributed by atoms with Gasteiger partial charge < -0.3 is 0 Å². The van der Waals surface area contributed by atoms with E-state index in [0.717, 1.165) is 0 Å². The number of benzene rings is 2. The Morgan fingerprint density at radius 1 is 0.619 bits per heavy atom. The molecule has 6 nitrogen and oxygen atoms in total. The lowest BCUT2D eigenvalue weighted by atomic mass is 10.4. The summed E-state index contributed by atoms with van der Waals surface area (Å²) in [4.78, 5) is -0.156. The van der Waals surface area contributed by atoms with Crippen molar-refractivity contribution in [2.75, 3.05) is 6.79 Å². The van der Waals surface area contributed by atoms with Crippen molar-refractivity contribution >= 4 is 20.2 Å². The summed E-state index contributed by atoms with van der Waals surface area (Å²) in [5, 5.41) is 0. The Morgan fingerprint density at radius 3 is 1.29 bits per heavy atom. The zero-order valence-electron chi connectivity index (χ0n) is 10.7. The smallest absolute Gasteiger partial charge is 0.236 e. The van der Waals surface area contributed by atoms with Crippen molar-refractivity contribution in [2.24, 2.45) is 0 Å². The fourth-order valence-electron chi connectivity index (χ4n) is 1.46. The molecule has 0 radical (unpaired) electrons. The second-order valence-corrected chi connectivity index (χ2v) is 7.12. The first-order chi connectivity index (χ1) is 9.92. The summed E-state index contributed by atoms with van der Waals surface area (Å²) in [6, 6.07) is 14.7. The highest BCUT2D eigenvalue weighted by Crippen LogP contribution is 2.14. The molecule has 8 heteroatoms. The van der Waals surface area contributed by atoms with E-state index in [1.165, 1.54) is 48.5 Å². The van der Waals surface area contributed by atoms with E-state index in [4.69, 9.17) is 0 Å². The predicted octanol–water partition coefficient (Wildman–Crippen LogP) is 1.75. The highest BCUT2D eigenvalue weighted by atomic mass is 32.2. The molecule has 0 bridgehead atoms. The van der Waals surface area contributed by atoms with Gasteiger partial charge >= 0.3 is 0 Å². The molecule has 0 aliphatic carbocycles. The average Bonchev–Trinajstić information content (AvgIpc) is 2.49. The third-order valence-corrected chi connectivity index (χ3v) is 4.98. The highest BCUT2D eigenvalue weighted by Gasteiger charge is 2.19. The molecule has 2 aromatic rings. The van der Waals surface area contributed by atoms with Gasteiger partial charge in [-0.25, -0.2) is 8.37 Å². The summed E-state index contributed by atoms with van der Waals surface area (Å²) in [5.41, 5.74) is 0. The van der Waals surface area contributed by atoms with Gasteiger partial charge in [-0.3, -0.25) is 0 Å². The molecule has 0 heterocycles. The monoisotopic (exact) mass is 328 g/mol. The summed E-state index contributed by atoms with van der Waals surface area (Å²) in [6.45, 7) is -0.922. The average molecular weight is 328 g/mol. The van der Waals surface area contributed by atoms with Gasteiger partial charge in [0.1, 0.15) is 0 Å². The summed E-state index contributed by atoms with van der Waals surface area (Å²) < 4.78 is 56.1. The molecule has 112 valence electrons. The van der Waals surface area contributed by atoms with E-state index in [9.17, 15) is 16.8 Å². The number of hydrogen-bond acceptors (Lipinski definition) is 6. The van der Waals surface area contributed by atoms with Crippen LogP contribution in [0.5, 0.6) is 0 Å². The van der Waals surface area contributed by atoms with Crippen LogP contribution in [0.15, 0.2) is 70.5 Å². The van der Waals surface area contributed by atoms with Crippen molar-refractivity contribution in [3.05, 3.63) is 60.7 Å². The van der Waals surface area contributed by atoms with Crippen LogP contribution in [0.1, 0.15) is 0 Å². The molecule has 0 aromatic heterocycles. The Kier molecular flexibility index (Phi) is 4.73.